The van der Waals surface area contributed by atoms with Crippen LogP contribution in [0.1, 0.15) is 51.2 Å². The lowest BCUT2D eigenvalue weighted by Gasteiger charge is -2.22. The van der Waals surface area contributed by atoms with Crippen LogP contribution in [0.15, 0.2) is 42.5 Å². The van der Waals surface area contributed by atoms with E-state index in [1.807, 2.05) is 12.1 Å². The van der Waals surface area contributed by atoms with E-state index in [4.69, 9.17) is 14.2 Å². The molecule has 1 N–H and O–H groups in total. The van der Waals surface area contributed by atoms with Crippen molar-refractivity contribution < 1.29 is 14.2 Å². The molecule has 154 valence electrons. The van der Waals surface area contributed by atoms with Crippen LogP contribution in [0.4, 0.5) is 0 Å². The van der Waals surface area contributed by atoms with Gasteiger partial charge >= 0.3 is 0 Å². The zero-order chi connectivity index (χ0) is 20.5. The molecule has 0 saturated carbocycles. The van der Waals surface area contributed by atoms with Crippen LogP contribution in [0.3, 0.4) is 0 Å². The number of hydrogen-bond acceptors (Lipinski definition) is 4. The highest BCUT2D eigenvalue weighted by molar-refractivity contribution is 5.42. The molecule has 0 radical (unpaired) electrons. The number of nitrogens with one attached hydrogen (secondary N) is 1. The van der Waals surface area contributed by atoms with Crippen molar-refractivity contribution in [1.82, 2.24) is 5.32 Å². The summed E-state index contributed by atoms with van der Waals surface area (Å²) in [4.78, 5) is 0. The molecule has 0 aromatic heterocycles. The predicted octanol–water partition coefficient (Wildman–Crippen LogP) is 5.41. The van der Waals surface area contributed by atoms with Crippen LogP contribution in [0.2, 0.25) is 0 Å². The van der Waals surface area contributed by atoms with Gasteiger partial charge in [0.1, 0.15) is 5.75 Å². The molecule has 4 heteroatoms. The Morgan fingerprint density at radius 1 is 0.857 bits per heavy atom. The Bertz CT molecular complexity index is 710. The molecule has 0 bridgehead atoms. The molecule has 0 fully saturated rings. The molecule has 2 aromatic rings. The van der Waals surface area contributed by atoms with Crippen LogP contribution in [0.5, 0.6) is 17.2 Å². The first-order valence-corrected chi connectivity index (χ1v) is 10.1. The summed E-state index contributed by atoms with van der Waals surface area (Å²) >= 11 is 0. The Hall–Kier alpha value is -2.20. The fourth-order valence-corrected chi connectivity index (χ4v) is 3.43. The van der Waals surface area contributed by atoms with Crippen molar-refractivity contribution in [2.45, 2.75) is 52.7 Å². The quantitative estimate of drug-likeness (QED) is 0.525. The van der Waals surface area contributed by atoms with Crippen molar-refractivity contribution in [3.8, 4) is 17.2 Å². The zero-order valence-corrected chi connectivity index (χ0v) is 18.1. The van der Waals surface area contributed by atoms with Gasteiger partial charge in [-0.15, -0.1) is 0 Å². The second-order valence-corrected chi connectivity index (χ2v) is 7.74. The van der Waals surface area contributed by atoms with Crippen molar-refractivity contribution in [3.05, 3.63) is 53.6 Å². The van der Waals surface area contributed by atoms with Crippen LogP contribution in [-0.2, 0) is 6.54 Å². The van der Waals surface area contributed by atoms with Gasteiger partial charge in [-0.1, -0.05) is 32.0 Å². The Morgan fingerprint density at radius 3 is 2.11 bits per heavy atom. The van der Waals surface area contributed by atoms with Crippen molar-refractivity contribution in [3.63, 3.8) is 0 Å². The summed E-state index contributed by atoms with van der Waals surface area (Å²) < 4.78 is 16.4. The van der Waals surface area contributed by atoms with E-state index < -0.39 is 0 Å². The van der Waals surface area contributed by atoms with Crippen molar-refractivity contribution >= 4 is 0 Å². The minimum Gasteiger partial charge on any atom is -0.493 e. The summed E-state index contributed by atoms with van der Waals surface area (Å²) in [5.41, 5.74) is 2.56. The second kappa shape index (κ2) is 11.0. The average Bonchev–Trinajstić information content (AvgIpc) is 2.68. The number of hydrogen-bond donors (Lipinski definition) is 1. The smallest absolute Gasteiger partial charge is 0.161 e. The molecule has 0 aliphatic carbocycles. The van der Waals surface area contributed by atoms with Gasteiger partial charge in [0, 0.05) is 6.54 Å². The maximum Gasteiger partial charge on any atom is 0.161 e. The molecule has 1 atom stereocenters. The van der Waals surface area contributed by atoms with E-state index in [-0.39, 0.29) is 6.10 Å². The summed E-state index contributed by atoms with van der Waals surface area (Å²) in [5, 5.41) is 3.56. The van der Waals surface area contributed by atoms with Crippen LogP contribution >= 0.6 is 0 Å². The van der Waals surface area contributed by atoms with Gasteiger partial charge in [-0.05, 0) is 74.0 Å². The topological polar surface area (TPSA) is 39.7 Å². The highest BCUT2D eigenvalue weighted by Crippen LogP contribution is 2.30. The molecule has 0 aliphatic rings. The Kier molecular flexibility index (Phi) is 8.65. The van der Waals surface area contributed by atoms with E-state index in [1.165, 1.54) is 11.1 Å². The van der Waals surface area contributed by atoms with Gasteiger partial charge in [-0.25, -0.2) is 0 Å². The van der Waals surface area contributed by atoms with E-state index >= 15 is 0 Å². The minimum absolute atomic E-state index is 0.201. The maximum absolute atomic E-state index is 5.76. The number of methoxy groups -OCH3 is 2. The third-order valence-electron chi connectivity index (χ3n) is 4.89. The summed E-state index contributed by atoms with van der Waals surface area (Å²) in [7, 11) is 3.32. The van der Waals surface area contributed by atoms with Crippen LogP contribution in [0.25, 0.3) is 0 Å². The van der Waals surface area contributed by atoms with Gasteiger partial charge in [-0.2, -0.15) is 0 Å². The molecule has 0 heterocycles. The number of ether oxygens (including phenoxy) is 3. The first-order chi connectivity index (χ1) is 13.4. The van der Waals surface area contributed by atoms with Gasteiger partial charge in [0.25, 0.3) is 0 Å². The van der Waals surface area contributed by atoms with Gasteiger partial charge in [0.15, 0.2) is 11.5 Å². The van der Waals surface area contributed by atoms with E-state index in [9.17, 15) is 0 Å². The van der Waals surface area contributed by atoms with Gasteiger partial charge in [0.05, 0.1) is 20.3 Å². The van der Waals surface area contributed by atoms with Crippen molar-refractivity contribution in [1.29, 1.82) is 0 Å². The van der Waals surface area contributed by atoms with E-state index in [0.717, 1.165) is 36.8 Å². The van der Waals surface area contributed by atoms with Crippen LogP contribution in [0, 0.1) is 5.92 Å². The minimum atomic E-state index is 0.201. The van der Waals surface area contributed by atoms with E-state index in [2.05, 4.69) is 63.3 Å². The molecule has 4 nitrogen and oxygen atoms in total. The molecule has 28 heavy (non-hydrogen) atoms. The van der Waals surface area contributed by atoms with E-state index in [0.29, 0.717) is 11.8 Å². The fourth-order valence-electron chi connectivity index (χ4n) is 3.43. The lowest BCUT2D eigenvalue weighted by atomic mass is 9.86. The average molecular weight is 386 g/mol. The van der Waals surface area contributed by atoms with Crippen LogP contribution in [-0.4, -0.2) is 26.9 Å². The molecule has 0 spiro atoms. The van der Waals surface area contributed by atoms with Gasteiger partial charge in [-0.3, -0.25) is 0 Å². The zero-order valence-electron chi connectivity index (χ0n) is 18.1. The second-order valence-electron chi connectivity index (χ2n) is 7.74. The molecule has 0 amide bonds. The summed E-state index contributed by atoms with van der Waals surface area (Å²) in [6.07, 6.45) is 1.29. The summed E-state index contributed by atoms with van der Waals surface area (Å²) in [5.74, 6) is 3.57. The first kappa shape index (κ1) is 22.1. The van der Waals surface area contributed by atoms with Crippen molar-refractivity contribution in [2.24, 2.45) is 5.92 Å². The Labute approximate surface area is 170 Å². The first-order valence-electron chi connectivity index (χ1n) is 10.1. The molecular weight excluding hydrogens is 350 g/mol. The third kappa shape index (κ3) is 6.45. The number of benzene rings is 2. The van der Waals surface area contributed by atoms with Gasteiger partial charge < -0.3 is 19.5 Å². The highest BCUT2D eigenvalue weighted by Gasteiger charge is 2.16. The number of rotatable bonds is 11. The molecular formula is C24H35NO3. The standard InChI is InChI=1S/C24H35NO3/c1-17(2)22(20-8-10-21(11-9-20)28-18(3)4)13-14-25-16-19-7-12-23(26-5)24(15-19)27-6/h7-12,15,17-18,22,25H,13-14,16H2,1-6H3/t22-/m0/s1. The molecule has 0 aliphatic heterocycles. The maximum atomic E-state index is 5.76. The summed E-state index contributed by atoms with van der Waals surface area (Å²) in [6.45, 7) is 10.5. The lowest BCUT2D eigenvalue weighted by molar-refractivity contribution is 0.242. The largest absolute Gasteiger partial charge is 0.493 e. The third-order valence-corrected chi connectivity index (χ3v) is 4.89. The Balaban J connectivity index is 1.90. The van der Waals surface area contributed by atoms with Crippen LogP contribution < -0.4 is 19.5 Å². The SMILES string of the molecule is COc1ccc(CNCC[C@H](c2ccc(OC(C)C)cc2)C(C)C)cc1OC. The normalized spacial score (nSPS) is 12.3. The highest BCUT2D eigenvalue weighted by atomic mass is 16.5. The molecule has 2 aromatic carbocycles. The fraction of sp³-hybridized carbons (Fsp3) is 0.500. The lowest BCUT2D eigenvalue weighted by Crippen LogP contribution is -2.19. The summed E-state index contributed by atoms with van der Waals surface area (Å²) in [6, 6.07) is 14.6. The molecule has 0 saturated heterocycles. The Morgan fingerprint density at radius 2 is 1.54 bits per heavy atom. The van der Waals surface area contributed by atoms with Gasteiger partial charge in [0.2, 0.25) is 0 Å². The van der Waals surface area contributed by atoms with Crippen molar-refractivity contribution in [2.75, 3.05) is 20.8 Å². The molecule has 0 unspecified atom stereocenters. The van der Waals surface area contributed by atoms with E-state index in [1.54, 1.807) is 14.2 Å². The predicted molar refractivity (Wildman–Crippen MR) is 116 cm³/mol. The monoisotopic (exact) mass is 385 g/mol. The molecule has 2 rings (SSSR count).